The molecule has 0 saturated carbocycles. The van der Waals surface area contributed by atoms with Gasteiger partial charge in [-0.25, -0.2) is 14.7 Å². The first kappa shape index (κ1) is 14.7. The predicted molar refractivity (Wildman–Crippen MR) is 82.9 cm³/mol. The molecule has 8 nitrogen and oxygen atoms in total. The molecule has 1 atom stereocenters. The lowest BCUT2D eigenvalue weighted by atomic mass is 10.2. The number of hydrogen-bond donors (Lipinski definition) is 0. The van der Waals surface area contributed by atoms with Crippen molar-refractivity contribution in [3.8, 4) is 0 Å². The normalized spacial score (nSPS) is 20.9. The summed E-state index contributed by atoms with van der Waals surface area (Å²) in [6.07, 6.45) is 1.62. The van der Waals surface area contributed by atoms with Crippen LogP contribution in [0.3, 0.4) is 0 Å². The molecule has 2 aliphatic heterocycles. The quantitative estimate of drug-likeness (QED) is 0.824. The first-order valence-electron chi connectivity index (χ1n) is 7.80. The summed E-state index contributed by atoms with van der Waals surface area (Å²) in [5.74, 6) is -0.388. The molecule has 0 spiro atoms. The number of rotatable bonds is 3. The van der Waals surface area contributed by atoms with Crippen LogP contribution in [0.2, 0.25) is 0 Å². The lowest BCUT2D eigenvalue weighted by Gasteiger charge is -2.20. The van der Waals surface area contributed by atoms with E-state index in [1.54, 1.807) is 15.8 Å². The number of benzene rings is 1. The minimum Gasteiger partial charge on any atom is -0.439 e. The maximum Gasteiger partial charge on any atom is 0.417 e. The van der Waals surface area contributed by atoms with E-state index in [1.165, 1.54) is 0 Å². The molecule has 1 aromatic carbocycles. The summed E-state index contributed by atoms with van der Waals surface area (Å²) >= 11 is 0. The van der Waals surface area contributed by atoms with Gasteiger partial charge in [0, 0.05) is 13.1 Å². The molecule has 3 heterocycles. The summed E-state index contributed by atoms with van der Waals surface area (Å²) in [4.78, 5) is 43.0. The molecule has 2 fully saturated rings. The average Bonchev–Trinajstić information content (AvgIpc) is 3.28. The van der Waals surface area contributed by atoms with Gasteiger partial charge in [0.15, 0.2) is 6.61 Å². The van der Waals surface area contributed by atoms with E-state index in [2.05, 4.69) is 4.98 Å². The number of carbonyl (C=O) groups is 3. The molecule has 2 saturated heterocycles. The van der Waals surface area contributed by atoms with Crippen molar-refractivity contribution in [2.24, 2.45) is 0 Å². The fraction of sp³-hybridized carbons (Fsp3) is 0.375. The number of imide groups is 1. The van der Waals surface area contributed by atoms with E-state index in [9.17, 15) is 14.4 Å². The number of fused-ring (bicyclic) bond motifs is 1. The Kier molecular flexibility index (Phi) is 3.44. The van der Waals surface area contributed by atoms with Gasteiger partial charge in [-0.2, -0.15) is 0 Å². The van der Waals surface area contributed by atoms with Gasteiger partial charge in [-0.15, -0.1) is 0 Å². The molecule has 0 bridgehead atoms. The van der Waals surface area contributed by atoms with Gasteiger partial charge in [-0.05, 0) is 18.6 Å². The van der Waals surface area contributed by atoms with Crippen LogP contribution in [-0.2, 0) is 20.9 Å². The molecule has 4 rings (SSSR count). The number of cyclic esters (lactones) is 1. The fourth-order valence-electron chi connectivity index (χ4n) is 3.28. The van der Waals surface area contributed by atoms with E-state index < -0.39 is 6.09 Å². The number of nitrogens with zero attached hydrogens (tertiary/aromatic N) is 4. The van der Waals surface area contributed by atoms with Crippen molar-refractivity contribution in [2.45, 2.75) is 19.0 Å². The van der Waals surface area contributed by atoms with E-state index >= 15 is 0 Å². The second-order valence-corrected chi connectivity index (χ2v) is 5.96. The molecule has 124 valence electrons. The second kappa shape index (κ2) is 5.63. The first-order valence-corrected chi connectivity index (χ1v) is 7.80. The van der Waals surface area contributed by atoms with Gasteiger partial charge in [0.25, 0.3) is 5.91 Å². The number of para-hydroxylation sites is 2. The summed E-state index contributed by atoms with van der Waals surface area (Å²) in [5.41, 5.74) is 1.75. The van der Waals surface area contributed by atoms with E-state index in [4.69, 9.17) is 4.74 Å². The average molecular weight is 328 g/mol. The van der Waals surface area contributed by atoms with Crippen molar-refractivity contribution in [2.75, 3.05) is 19.7 Å². The number of amides is 3. The summed E-state index contributed by atoms with van der Waals surface area (Å²) in [7, 11) is 0. The van der Waals surface area contributed by atoms with Crippen molar-refractivity contribution in [3.05, 3.63) is 30.6 Å². The number of carbonyl (C=O) groups excluding carboxylic acids is 3. The Balaban J connectivity index is 1.44. The number of hydrogen-bond acceptors (Lipinski definition) is 5. The van der Waals surface area contributed by atoms with Gasteiger partial charge in [-0.1, -0.05) is 12.1 Å². The second-order valence-electron chi connectivity index (χ2n) is 5.96. The van der Waals surface area contributed by atoms with Crippen LogP contribution in [0.25, 0.3) is 11.0 Å². The molecule has 8 heteroatoms. The van der Waals surface area contributed by atoms with Crippen LogP contribution in [0.5, 0.6) is 0 Å². The first-order chi connectivity index (χ1) is 11.6. The van der Waals surface area contributed by atoms with Crippen LogP contribution in [0.1, 0.15) is 6.42 Å². The number of aromatic nitrogens is 2. The topological polar surface area (TPSA) is 84.7 Å². The SMILES string of the molecule is O=C(Cn1cnc2ccccc21)N1CCC(N2C(=O)COC2=O)C1. The van der Waals surface area contributed by atoms with Crippen LogP contribution in [0.15, 0.2) is 30.6 Å². The van der Waals surface area contributed by atoms with E-state index in [1.807, 2.05) is 24.3 Å². The minimum atomic E-state index is -0.611. The third-order valence-corrected chi connectivity index (χ3v) is 4.50. The van der Waals surface area contributed by atoms with Crippen LogP contribution in [-0.4, -0.2) is 63.0 Å². The van der Waals surface area contributed by atoms with Crippen LogP contribution in [0, 0.1) is 0 Å². The molecule has 0 radical (unpaired) electrons. The van der Waals surface area contributed by atoms with Gasteiger partial charge < -0.3 is 14.2 Å². The van der Waals surface area contributed by atoms with Crippen molar-refractivity contribution in [3.63, 3.8) is 0 Å². The summed E-state index contributed by atoms with van der Waals surface area (Å²) in [5, 5.41) is 0. The Morgan fingerprint density at radius 1 is 1.29 bits per heavy atom. The summed E-state index contributed by atoms with van der Waals surface area (Å²) < 4.78 is 6.55. The summed E-state index contributed by atoms with van der Waals surface area (Å²) in [6, 6.07) is 7.32. The highest BCUT2D eigenvalue weighted by molar-refractivity contribution is 5.98. The predicted octanol–water partition coefficient (Wildman–Crippen LogP) is 0.616. The Hall–Kier alpha value is -2.90. The lowest BCUT2D eigenvalue weighted by Crippen LogP contribution is -2.42. The maximum absolute atomic E-state index is 12.5. The molecule has 0 aliphatic carbocycles. The number of imidazole rings is 1. The zero-order valence-electron chi connectivity index (χ0n) is 12.9. The third-order valence-electron chi connectivity index (χ3n) is 4.50. The molecule has 2 aromatic rings. The van der Waals surface area contributed by atoms with E-state index in [-0.39, 0.29) is 31.0 Å². The highest BCUT2D eigenvalue weighted by Gasteiger charge is 2.41. The third kappa shape index (κ3) is 2.40. The van der Waals surface area contributed by atoms with Crippen LogP contribution >= 0.6 is 0 Å². The van der Waals surface area contributed by atoms with Crippen molar-refractivity contribution < 1.29 is 19.1 Å². The Labute approximate surface area is 137 Å². The molecule has 1 aromatic heterocycles. The molecular formula is C16H16N4O4. The van der Waals surface area contributed by atoms with Crippen molar-refractivity contribution in [1.82, 2.24) is 19.4 Å². The van der Waals surface area contributed by atoms with Crippen molar-refractivity contribution >= 4 is 28.9 Å². The molecule has 3 amide bonds. The largest absolute Gasteiger partial charge is 0.439 e. The van der Waals surface area contributed by atoms with Crippen molar-refractivity contribution in [1.29, 1.82) is 0 Å². The molecule has 0 N–H and O–H groups in total. The van der Waals surface area contributed by atoms with Gasteiger partial charge in [-0.3, -0.25) is 9.59 Å². The highest BCUT2D eigenvalue weighted by Crippen LogP contribution is 2.21. The zero-order chi connectivity index (χ0) is 16.7. The Morgan fingerprint density at radius 3 is 2.92 bits per heavy atom. The standard InChI is InChI=1S/C16H16N4O4/c21-14(8-19-10-17-12-3-1-2-4-13(12)19)18-6-5-11(7-18)20-15(22)9-24-16(20)23/h1-4,10-11H,5-9H2. The Bertz CT molecular complexity index is 814. The van der Waals surface area contributed by atoms with Gasteiger partial charge in [0.2, 0.25) is 5.91 Å². The lowest BCUT2D eigenvalue weighted by molar-refractivity contribution is -0.132. The number of likely N-dealkylation sites (tertiary alicyclic amines) is 1. The zero-order valence-corrected chi connectivity index (χ0v) is 12.9. The van der Waals surface area contributed by atoms with Gasteiger partial charge in [0.05, 0.1) is 23.4 Å². The smallest absolute Gasteiger partial charge is 0.417 e. The fourth-order valence-corrected chi connectivity index (χ4v) is 3.28. The van der Waals surface area contributed by atoms with E-state index in [0.29, 0.717) is 19.5 Å². The van der Waals surface area contributed by atoms with Gasteiger partial charge in [0.1, 0.15) is 6.54 Å². The highest BCUT2D eigenvalue weighted by atomic mass is 16.6. The Morgan fingerprint density at radius 2 is 2.12 bits per heavy atom. The maximum atomic E-state index is 12.5. The van der Waals surface area contributed by atoms with E-state index in [0.717, 1.165) is 15.9 Å². The molecule has 1 unspecified atom stereocenters. The van der Waals surface area contributed by atoms with Gasteiger partial charge >= 0.3 is 6.09 Å². The molecule has 24 heavy (non-hydrogen) atoms. The number of ether oxygens (including phenoxy) is 1. The monoisotopic (exact) mass is 328 g/mol. The molecule has 2 aliphatic rings. The van der Waals surface area contributed by atoms with Crippen LogP contribution in [0.4, 0.5) is 4.79 Å². The van der Waals surface area contributed by atoms with Crippen LogP contribution < -0.4 is 0 Å². The minimum absolute atomic E-state index is 0.0549. The molecular weight excluding hydrogens is 312 g/mol. The summed E-state index contributed by atoms with van der Waals surface area (Å²) in [6.45, 7) is 0.857.